The monoisotopic (exact) mass is 130 g/mol. The zero-order valence-corrected chi connectivity index (χ0v) is 6.98. The van der Waals surface area contributed by atoms with Gasteiger partial charge in [0.1, 0.15) is 0 Å². The van der Waals surface area contributed by atoms with Gasteiger partial charge in [-0.05, 0) is 13.3 Å². The zero-order valence-electron chi connectivity index (χ0n) is 6.98. The second kappa shape index (κ2) is 4.80. The lowest BCUT2D eigenvalue weighted by Gasteiger charge is -1.72. The Bertz CT molecular complexity index is 59.6. The molecule has 1 heterocycles. The summed E-state index contributed by atoms with van der Waals surface area (Å²) in [5.74, 6) is 0. The Hall–Kier alpha value is -0.0400. The Morgan fingerprint density at radius 1 is 1.22 bits per heavy atom. The highest BCUT2D eigenvalue weighted by molar-refractivity contribution is 4.77. The highest BCUT2D eigenvalue weighted by Crippen LogP contribution is 2.22. The van der Waals surface area contributed by atoms with E-state index >= 15 is 0 Å². The van der Waals surface area contributed by atoms with Gasteiger partial charge in [-0.25, -0.2) is 0 Å². The minimum atomic E-state index is 0.565. The van der Waals surface area contributed by atoms with Crippen LogP contribution in [0.4, 0.5) is 0 Å². The molecular formula is C8H18O. The molecule has 9 heavy (non-hydrogen) atoms. The lowest BCUT2D eigenvalue weighted by Crippen LogP contribution is -1.81. The standard InChI is InChI=1S/C5H10O.C3H8/c1-3-5-4(2)6-5;1-3-2/h4-5H,3H2,1-2H3;3H2,1-2H3. The van der Waals surface area contributed by atoms with Gasteiger partial charge in [0.25, 0.3) is 0 Å². The summed E-state index contributed by atoms with van der Waals surface area (Å²) >= 11 is 0. The molecule has 1 fully saturated rings. The summed E-state index contributed by atoms with van der Waals surface area (Å²) in [5.41, 5.74) is 0. The maximum absolute atomic E-state index is 5.07. The van der Waals surface area contributed by atoms with Crippen molar-refractivity contribution in [2.45, 2.75) is 52.7 Å². The molecule has 1 aliphatic rings. The first-order valence-electron chi connectivity index (χ1n) is 3.91. The lowest BCUT2D eigenvalue weighted by atomic mass is 10.3. The Morgan fingerprint density at radius 3 is 1.56 bits per heavy atom. The molecule has 0 aliphatic carbocycles. The second-order valence-electron chi connectivity index (χ2n) is 2.50. The third kappa shape index (κ3) is 4.46. The fourth-order valence-electron chi connectivity index (χ4n) is 0.659. The summed E-state index contributed by atoms with van der Waals surface area (Å²) in [6.07, 6.45) is 3.60. The molecule has 0 N–H and O–H groups in total. The fraction of sp³-hybridized carbons (Fsp3) is 1.00. The average Bonchev–Trinajstić information content (AvgIpc) is 2.49. The van der Waals surface area contributed by atoms with Crippen LogP contribution in [-0.4, -0.2) is 12.2 Å². The van der Waals surface area contributed by atoms with Gasteiger partial charge in [0.05, 0.1) is 12.2 Å². The molecule has 2 unspecified atom stereocenters. The lowest BCUT2D eigenvalue weighted by molar-refractivity contribution is 0.375. The quantitative estimate of drug-likeness (QED) is 0.497. The fourth-order valence-corrected chi connectivity index (χ4v) is 0.659. The normalized spacial score (nSPS) is 30.7. The van der Waals surface area contributed by atoms with E-state index in [0.717, 1.165) is 0 Å². The minimum Gasteiger partial charge on any atom is -0.370 e. The first-order chi connectivity index (χ1) is 4.26. The van der Waals surface area contributed by atoms with Gasteiger partial charge in [0, 0.05) is 0 Å². The van der Waals surface area contributed by atoms with Gasteiger partial charge in [-0.1, -0.05) is 27.2 Å². The van der Waals surface area contributed by atoms with Crippen molar-refractivity contribution >= 4 is 0 Å². The molecule has 2 atom stereocenters. The summed E-state index contributed by atoms with van der Waals surface area (Å²) in [6, 6.07) is 0. The number of rotatable bonds is 1. The third-order valence-electron chi connectivity index (χ3n) is 1.24. The van der Waals surface area contributed by atoms with Crippen LogP contribution >= 0.6 is 0 Å². The van der Waals surface area contributed by atoms with Crippen molar-refractivity contribution in [2.24, 2.45) is 0 Å². The van der Waals surface area contributed by atoms with Crippen molar-refractivity contribution in [3.63, 3.8) is 0 Å². The van der Waals surface area contributed by atoms with Crippen LogP contribution in [0.25, 0.3) is 0 Å². The van der Waals surface area contributed by atoms with Gasteiger partial charge in [0.2, 0.25) is 0 Å². The smallest absolute Gasteiger partial charge is 0.0836 e. The molecule has 0 aromatic rings. The molecule has 1 heteroatoms. The van der Waals surface area contributed by atoms with E-state index in [0.29, 0.717) is 12.2 Å². The maximum Gasteiger partial charge on any atom is 0.0836 e. The highest BCUT2D eigenvalue weighted by Gasteiger charge is 2.31. The number of epoxide rings is 1. The number of hydrogen-bond donors (Lipinski definition) is 0. The molecule has 0 spiro atoms. The Labute approximate surface area is 58.4 Å². The summed E-state index contributed by atoms with van der Waals surface area (Å²) in [6.45, 7) is 8.50. The molecule has 0 bridgehead atoms. The van der Waals surface area contributed by atoms with Crippen LogP contribution in [0.15, 0.2) is 0 Å². The topological polar surface area (TPSA) is 12.5 Å². The summed E-state index contributed by atoms with van der Waals surface area (Å²) in [7, 11) is 0. The first-order valence-corrected chi connectivity index (χ1v) is 3.91. The Morgan fingerprint density at radius 2 is 1.56 bits per heavy atom. The van der Waals surface area contributed by atoms with E-state index in [9.17, 15) is 0 Å². The maximum atomic E-state index is 5.07. The van der Waals surface area contributed by atoms with E-state index in [1.165, 1.54) is 12.8 Å². The molecule has 1 rings (SSSR count). The predicted octanol–water partition coefficient (Wildman–Crippen LogP) is 2.60. The van der Waals surface area contributed by atoms with E-state index in [2.05, 4.69) is 27.7 Å². The third-order valence-corrected chi connectivity index (χ3v) is 1.24. The average molecular weight is 130 g/mol. The minimum absolute atomic E-state index is 0.565. The molecule has 0 aromatic heterocycles. The van der Waals surface area contributed by atoms with E-state index in [-0.39, 0.29) is 0 Å². The van der Waals surface area contributed by atoms with Crippen LogP contribution < -0.4 is 0 Å². The van der Waals surface area contributed by atoms with E-state index in [1.807, 2.05) is 0 Å². The summed E-state index contributed by atoms with van der Waals surface area (Å²) in [5, 5.41) is 0. The second-order valence-corrected chi connectivity index (χ2v) is 2.50. The van der Waals surface area contributed by atoms with Gasteiger partial charge < -0.3 is 4.74 Å². The molecule has 0 saturated carbocycles. The van der Waals surface area contributed by atoms with Crippen LogP contribution in [0.1, 0.15) is 40.5 Å². The van der Waals surface area contributed by atoms with E-state index < -0.39 is 0 Å². The van der Waals surface area contributed by atoms with Crippen LogP contribution in [0.3, 0.4) is 0 Å². The predicted molar refractivity (Wildman–Crippen MR) is 40.6 cm³/mol. The highest BCUT2D eigenvalue weighted by atomic mass is 16.6. The summed E-state index contributed by atoms with van der Waals surface area (Å²) < 4.78 is 5.07. The number of ether oxygens (including phenoxy) is 1. The van der Waals surface area contributed by atoms with Crippen LogP contribution in [0.5, 0.6) is 0 Å². The molecule has 0 amide bonds. The molecule has 0 radical (unpaired) electrons. The van der Waals surface area contributed by atoms with Crippen molar-refractivity contribution in [3.8, 4) is 0 Å². The Balaban J connectivity index is 0.000000187. The SMILES string of the molecule is CCC.CCC1OC1C. The van der Waals surface area contributed by atoms with Gasteiger partial charge in [-0.2, -0.15) is 0 Å². The molecule has 1 nitrogen and oxygen atoms in total. The van der Waals surface area contributed by atoms with Crippen LogP contribution in [-0.2, 0) is 4.74 Å². The molecule has 0 aromatic carbocycles. The molecule has 1 aliphatic heterocycles. The van der Waals surface area contributed by atoms with E-state index in [4.69, 9.17) is 4.74 Å². The van der Waals surface area contributed by atoms with E-state index in [1.54, 1.807) is 0 Å². The first kappa shape index (κ1) is 8.96. The largest absolute Gasteiger partial charge is 0.370 e. The molecule has 1 saturated heterocycles. The van der Waals surface area contributed by atoms with Crippen molar-refractivity contribution in [2.75, 3.05) is 0 Å². The van der Waals surface area contributed by atoms with Crippen molar-refractivity contribution in [3.05, 3.63) is 0 Å². The van der Waals surface area contributed by atoms with Crippen LogP contribution in [0.2, 0.25) is 0 Å². The van der Waals surface area contributed by atoms with Gasteiger partial charge >= 0.3 is 0 Å². The summed E-state index contributed by atoms with van der Waals surface area (Å²) in [4.78, 5) is 0. The van der Waals surface area contributed by atoms with Crippen molar-refractivity contribution in [1.82, 2.24) is 0 Å². The van der Waals surface area contributed by atoms with Crippen molar-refractivity contribution < 1.29 is 4.74 Å². The zero-order chi connectivity index (χ0) is 7.28. The van der Waals surface area contributed by atoms with Crippen molar-refractivity contribution in [1.29, 1.82) is 0 Å². The molecule has 56 valence electrons. The van der Waals surface area contributed by atoms with Gasteiger partial charge in [-0.3, -0.25) is 0 Å². The van der Waals surface area contributed by atoms with Crippen LogP contribution in [0, 0.1) is 0 Å². The Kier molecular flexibility index (Phi) is 4.78. The van der Waals surface area contributed by atoms with Gasteiger partial charge in [0.15, 0.2) is 0 Å². The van der Waals surface area contributed by atoms with Gasteiger partial charge in [-0.15, -0.1) is 0 Å². The molecular weight excluding hydrogens is 112 g/mol. The number of hydrogen-bond acceptors (Lipinski definition) is 1.